The van der Waals surface area contributed by atoms with E-state index in [1.54, 1.807) is 30.5 Å². The summed E-state index contributed by atoms with van der Waals surface area (Å²) in [6, 6.07) is 0.115. The lowest BCUT2D eigenvalue weighted by atomic mass is 10.1. The van der Waals surface area contributed by atoms with Gasteiger partial charge in [-0.05, 0) is 33.4 Å². The predicted octanol–water partition coefficient (Wildman–Crippen LogP) is 1.93. The van der Waals surface area contributed by atoms with Gasteiger partial charge in [0.2, 0.25) is 0 Å². The Kier molecular flexibility index (Phi) is 7.63. The van der Waals surface area contributed by atoms with Gasteiger partial charge in [0, 0.05) is 18.3 Å². The largest absolute Gasteiger partial charge is 0.389 e. The van der Waals surface area contributed by atoms with E-state index in [1.807, 2.05) is 13.2 Å². The summed E-state index contributed by atoms with van der Waals surface area (Å²) in [6.07, 6.45) is 2.95. The molecule has 0 heterocycles. The van der Waals surface area contributed by atoms with E-state index in [0.717, 1.165) is 12.2 Å². The summed E-state index contributed by atoms with van der Waals surface area (Å²) in [6.45, 7) is 8.36. The molecular formula is C12H26N2O2S. The van der Waals surface area contributed by atoms with E-state index >= 15 is 0 Å². The van der Waals surface area contributed by atoms with Crippen molar-refractivity contribution in [2.24, 2.45) is 0 Å². The standard InChI is InChI=1S/C12H26N2O2S/c1-6-10(8-17-5)13-11(15)14(7-2)9-12(3,4)16/h10,16H,6-9H2,1-5H3,(H,13,15). The van der Waals surface area contributed by atoms with E-state index in [2.05, 4.69) is 12.2 Å². The van der Waals surface area contributed by atoms with Gasteiger partial charge in [0.05, 0.1) is 12.1 Å². The number of likely N-dealkylation sites (N-methyl/N-ethyl adjacent to an activating group) is 1. The molecule has 0 aromatic heterocycles. The average Bonchev–Trinajstić information content (AvgIpc) is 2.23. The second kappa shape index (κ2) is 7.82. The number of aliphatic hydroxyl groups is 1. The monoisotopic (exact) mass is 262 g/mol. The predicted molar refractivity (Wildman–Crippen MR) is 74.5 cm³/mol. The Morgan fingerprint density at radius 1 is 1.47 bits per heavy atom. The van der Waals surface area contributed by atoms with Crippen molar-refractivity contribution in [3.8, 4) is 0 Å². The van der Waals surface area contributed by atoms with E-state index in [0.29, 0.717) is 13.1 Å². The maximum Gasteiger partial charge on any atom is 0.317 e. The number of nitrogens with zero attached hydrogens (tertiary/aromatic N) is 1. The zero-order chi connectivity index (χ0) is 13.5. The Morgan fingerprint density at radius 2 is 2.06 bits per heavy atom. The van der Waals surface area contributed by atoms with Crippen molar-refractivity contribution in [2.45, 2.75) is 45.8 Å². The molecule has 0 spiro atoms. The highest BCUT2D eigenvalue weighted by molar-refractivity contribution is 7.98. The molecule has 102 valence electrons. The molecule has 0 radical (unpaired) electrons. The van der Waals surface area contributed by atoms with Crippen molar-refractivity contribution >= 4 is 17.8 Å². The van der Waals surface area contributed by atoms with Gasteiger partial charge in [-0.3, -0.25) is 0 Å². The number of thioether (sulfide) groups is 1. The molecule has 2 amide bonds. The lowest BCUT2D eigenvalue weighted by Crippen LogP contribution is -2.49. The SMILES string of the molecule is CCC(CSC)NC(=O)N(CC)CC(C)(C)O. The van der Waals surface area contributed by atoms with Crippen LogP contribution in [-0.4, -0.2) is 52.8 Å². The molecule has 0 saturated carbocycles. The van der Waals surface area contributed by atoms with Crippen LogP contribution in [0.1, 0.15) is 34.1 Å². The smallest absolute Gasteiger partial charge is 0.317 e. The third-order valence-corrected chi connectivity index (χ3v) is 3.17. The third kappa shape index (κ3) is 7.49. The van der Waals surface area contributed by atoms with Crippen LogP contribution in [0.15, 0.2) is 0 Å². The molecule has 2 N–H and O–H groups in total. The number of hydrogen-bond donors (Lipinski definition) is 2. The van der Waals surface area contributed by atoms with E-state index < -0.39 is 5.60 Å². The molecule has 0 aliphatic rings. The summed E-state index contributed by atoms with van der Waals surface area (Å²) in [5.41, 5.74) is -0.853. The molecule has 0 aliphatic carbocycles. The molecule has 1 unspecified atom stereocenters. The van der Waals surface area contributed by atoms with E-state index in [4.69, 9.17) is 0 Å². The van der Waals surface area contributed by atoms with Crippen molar-refractivity contribution in [3.05, 3.63) is 0 Å². The molecule has 0 aromatic rings. The highest BCUT2D eigenvalue weighted by Crippen LogP contribution is 2.07. The van der Waals surface area contributed by atoms with Crippen LogP contribution in [0.5, 0.6) is 0 Å². The molecule has 17 heavy (non-hydrogen) atoms. The van der Waals surface area contributed by atoms with Gasteiger partial charge in [0.15, 0.2) is 0 Å². The van der Waals surface area contributed by atoms with E-state index in [1.165, 1.54) is 0 Å². The first-order valence-corrected chi connectivity index (χ1v) is 7.50. The Labute approximate surface area is 109 Å². The second-order valence-corrected chi connectivity index (χ2v) is 5.75. The minimum atomic E-state index is -0.853. The fraction of sp³-hybridized carbons (Fsp3) is 0.917. The van der Waals surface area contributed by atoms with Crippen LogP contribution in [0.4, 0.5) is 4.79 Å². The first-order valence-electron chi connectivity index (χ1n) is 6.10. The molecule has 5 heteroatoms. The van der Waals surface area contributed by atoms with E-state index in [9.17, 15) is 9.90 Å². The number of amides is 2. The summed E-state index contributed by atoms with van der Waals surface area (Å²) < 4.78 is 0. The van der Waals surface area contributed by atoms with Crippen molar-refractivity contribution in [3.63, 3.8) is 0 Å². The Morgan fingerprint density at radius 3 is 2.41 bits per heavy atom. The summed E-state index contributed by atoms with van der Waals surface area (Å²) in [5.74, 6) is 0.919. The molecule has 0 rings (SSSR count). The van der Waals surface area contributed by atoms with Crippen LogP contribution in [0.25, 0.3) is 0 Å². The van der Waals surface area contributed by atoms with Crippen LogP contribution in [0.2, 0.25) is 0 Å². The minimum absolute atomic E-state index is 0.0875. The number of carbonyl (C=O) groups is 1. The molecular weight excluding hydrogens is 236 g/mol. The molecule has 1 atom stereocenters. The van der Waals surface area contributed by atoms with Crippen LogP contribution in [-0.2, 0) is 0 Å². The highest BCUT2D eigenvalue weighted by atomic mass is 32.2. The lowest BCUT2D eigenvalue weighted by Gasteiger charge is -2.29. The van der Waals surface area contributed by atoms with Crippen LogP contribution < -0.4 is 5.32 Å². The van der Waals surface area contributed by atoms with Crippen molar-refractivity contribution in [1.82, 2.24) is 10.2 Å². The molecule has 4 nitrogen and oxygen atoms in total. The van der Waals surface area contributed by atoms with Gasteiger partial charge >= 0.3 is 6.03 Å². The topological polar surface area (TPSA) is 52.6 Å². The Bertz CT molecular complexity index is 229. The first kappa shape index (κ1) is 16.6. The van der Waals surface area contributed by atoms with Crippen molar-refractivity contribution in [1.29, 1.82) is 0 Å². The maximum absolute atomic E-state index is 12.0. The van der Waals surface area contributed by atoms with Gasteiger partial charge in [-0.25, -0.2) is 4.79 Å². The minimum Gasteiger partial charge on any atom is -0.389 e. The molecule has 0 saturated heterocycles. The average molecular weight is 262 g/mol. The zero-order valence-corrected chi connectivity index (χ0v) is 12.4. The van der Waals surface area contributed by atoms with Crippen molar-refractivity contribution in [2.75, 3.05) is 25.1 Å². The van der Waals surface area contributed by atoms with Crippen LogP contribution in [0, 0.1) is 0 Å². The number of nitrogens with one attached hydrogen (secondary N) is 1. The number of hydrogen-bond acceptors (Lipinski definition) is 3. The second-order valence-electron chi connectivity index (χ2n) is 4.84. The summed E-state index contributed by atoms with van der Waals surface area (Å²) in [7, 11) is 0. The van der Waals surface area contributed by atoms with Gasteiger partial charge < -0.3 is 15.3 Å². The molecule has 0 fully saturated rings. The maximum atomic E-state index is 12.0. The fourth-order valence-electron chi connectivity index (χ4n) is 1.52. The van der Waals surface area contributed by atoms with Crippen molar-refractivity contribution < 1.29 is 9.90 Å². The lowest BCUT2D eigenvalue weighted by molar-refractivity contribution is 0.0476. The zero-order valence-electron chi connectivity index (χ0n) is 11.6. The van der Waals surface area contributed by atoms with Gasteiger partial charge in [-0.2, -0.15) is 11.8 Å². The quantitative estimate of drug-likeness (QED) is 0.737. The summed E-state index contributed by atoms with van der Waals surface area (Å²) in [4.78, 5) is 13.6. The number of urea groups is 1. The van der Waals surface area contributed by atoms with Gasteiger partial charge in [-0.1, -0.05) is 6.92 Å². The molecule has 0 aliphatic heterocycles. The van der Waals surface area contributed by atoms with Gasteiger partial charge in [0.25, 0.3) is 0 Å². The Hall–Kier alpha value is -0.420. The van der Waals surface area contributed by atoms with Crippen LogP contribution >= 0.6 is 11.8 Å². The van der Waals surface area contributed by atoms with Gasteiger partial charge in [0.1, 0.15) is 0 Å². The molecule has 0 aromatic carbocycles. The third-order valence-electron chi connectivity index (χ3n) is 2.43. The summed E-state index contributed by atoms with van der Waals surface area (Å²) >= 11 is 1.73. The van der Waals surface area contributed by atoms with E-state index in [-0.39, 0.29) is 12.1 Å². The summed E-state index contributed by atoms with van der Waals surface area (Å²) in [5, 5.41) is 12.7. The van der Waals surface area contributed by atoms with Gasteiger partial charge in [-0.15, -0.1) is 0 Å². The highest BCUT2D eigenvalue weighted by Gasteiger charge is 2.22. The number of carbonyl (C=O) groups excluding carboxylic acids is 1. The molecule has 0 bridgehead atoms. The van der Waals surface area contributed by atoms with Crippen LogP contribution in [0.3, 0.4) is 0 Å². The number of rotatable bonds is 7. The fourth-order valence-corrected chi connectivity index (χ4v) is 2.24. The normalized spacial score (nSPS) is 13.3. The Balaban J connectivity index is 4.33. The first-order chi connectivity index (χ1) is 7.84.